The Kier molecular flexibility index (Phi) is 7.60. The summed E-state index contributed by atoms with van der Waals surface area (Å²) in [5, 5.41) is 10.0. The zero-order valence-electron chi connectivity index (χ0n) is 18.7. The molecule has 1 saturated heterocycles. The highest BCUT2D eigenvalue weighted by Crippen LogP contribution is 2.29. The molecule has 1 atom stereocenters. The van der Waals surface area contributed by atoms with E-state index in [-0.39, 0.29) is 11.8 Å². The summed E-state index contributed by atoms with van der Waals surface area (Å²) in [6.45, 7) is 6.48. The first-order chi connectivity index (χ1) is 15.6. The molecule has 1 unspecified atom stereocenters. The summed E-state index contributed by atoms with van der Waals surface area (Å²) in [6.07, 6.45) is 3.79. The predicted molar refractivity (Wildman–Crippen MR) is 128 cm³/mol. The van der Waals surface area contributed by atoms with E-state index in [2.05, 4.69) is 38.7 Å². The van der Waals surface area contributed by atoms with E-state index in [1.165, 1.54) is 19.3 Å². The number of aromatic nitrogens is 3. The van der Waals surface area contributed by atoms with Crippen molar-refractivity contribution in [2.75, 3.05) is 25.4 Å². The highest BCUT2D eigenvalue weighted by atomic mass is 32.2. The van der Waals surface area contributed by atoms with Crippen molar-refractivity contribution in [2.45, 2.75) is 44.3 Å². The van der Waals surface area contributed by atoms with E-state index >= 15 is 0 Å². The van der Waals surface area contributed by atoms with Gasteiger partial charge in [-0.25, -0.2) is 0 Å². The number of hydrogen-bond acceptors (Lipinski definition) is 6. The highest BCUT2D eigenvalue weighted by molar-refractivity contribution is 7.99. The SMILES string of the molecule is CC(=O)c1ccccc1OCCSc1nnc(C(C)N2CCCCC2)n1-c1ccccc1. The number of carbonyl (C=O) groups excluding carboxylic acids is 1. The number of likely N-dealkylation sites (tertiary alicyclic amines) is 1. The largest absolute Gasteiger partial charge is 0.492 e. The summed E-state index contributed by atoms with van der Waals surface area (Å²) >= 11 is 1.62. The van der Waals surface area contributed by atoms with Crippen molar-refractivity contribution >= 4 is 17.5 Å². The van der Waals surface area contributed by atoms with Gasteiger partial charge in [0.1, 0.15) is 5.75 Å². The van der Waals surface area contributed by atoms with Crippen molar-refractivity contribution in [3.63, 3.8) is 0 Å². The lowest BCUT2D eigenvalue weighted by atomic mass is 10.1. The maximum atomic E-state index is 11.8. The number of para-hydroxylation sites is 2. The van der Waals surface area contributed by atoms with Gasteiger partial charge in [-0.1, -0.05) is 48.5 Å². The van der Waals surface area contributed by atoms with Crippen molar-refractivity contribution in [2.24, 2.45) is 0 Å². The zero-order valence-corrected chi connectivity index (χ0v) is 19.6. The van der Waals surface area contributed by atoms with Gasteiger partial charge in [0, 0.05) is 11.4 Å². The number of ketones is 1. The molecule has 4 rings (SSSR count). The van der Waals surface area contributed by atoms with Crippen LogP contribution in [0.2, 0.25) is 0 Å². The Morgan fingerprint density at radius 2 is 1.75 bits per heavy atom. The Bertz CT molecular complexity index is 1030. The van der Waals surface area contributed by atoms with E-state index < -0.39 is 0 Å². The fourth-order valence-electron chi connectivity index (χ4n) is 4.10. The van der Waals surface area contributed by atoms with E-state index in [0.717, 1.165) is 29.8 Å². The van der Waals surface area contributed by atoms with Crippen LogP contribution in [-0.4, -0.2) is 50.9 Å². The molecule has 0 radical (unpaired) electrons. The van der Waals surface area contributed by atoms with Crippen molar-refractivity contribution in [3.05, 3.63) is 66.0 Å². The van der Waals surface area contributed by atoms with Crippen LogP contribution in [0.4, 0.5) is 0 Å². The van der Waals surface area contributed by atoms with E-state index in [1.807, 2.05) is 36.4 Å². The van der Waals surface area contributed by atoms with Crippen LogP contribution in [0.1, 0.15) is 55.3 Å². The third-order valence-corrected chi connectivity index (χ3v) is 6.72. The quantitative estimate of drug-likeness (QED) is 0.254. The number of thioether (sulfide) groups is 1. The highest BCUT2D eigenvalue weighted by Gasteiger charge is 2.25. The molecule has 6 nitrogen and oxygen atoms in total. The van der Waals surface area contributed by atoms with E-state index in [9.17, 15) is 4.79 Å². The van der Waals surface area contributed by atoms with Crippen LogP contribution >= 0.6 is 11.8 Å². The molecule has 168 valence electrons. The maximum absolute atomic E-state index is 11.8. The Labute approximate surface area is 194 Å². The minimum Gasteiger partial charge on any atom is -0.492 e. The summed E-state index contributed by atoms with van der Waals surface area (Å²) in [5.74, 6) is 2.32. The van der Waals surface area contributed by atoms with Crippen LogP contribution in [0.3, 0.4) is 0 Å². The van der Waals surface area contributed by atoms with Gasteiger partial charge in [0.25, 0.3) is 0 Å². The van der Waals surface area contributed by atoms with Crippen LogP contribution < -0.4 is 4.74 Å². The van der Waals surface area contributed by atoms with Gasteiger partial charge < -0.3 is 4.74 Å². The maximum Gasteiger partial charge on any atom is 0.196 e. The minimum atomic E-state index is 0.00779. The number of carbonyl (C=O) groups is 1. The zero-order chi connectivity index (χ0) is 22.3. The van der Waals surface area contributed by atoms with Gasteiger partial charge in [0.15, 0.2) is 16.8 Å². The number of Topliss-reactive ketones (excluding diaryl/α,β-unsaturated/α-hetero) is 1. The fraction of sp³-hybridized carbons (Fsp3) is 0.400. The van der Waals surface area contributed by atoms with Crippen molar-refractivity contribution < 1.29 is 9.53 Å². The van der Waals surface area contributed by atoms with Gasteiger partial charge in [0.2, 0.25) is 0 Å². The monoisotopic (exact) mass is 450 g/mol. The number of rotatable bonds is 9. The molecule has 32 heavy (non-hydrogen) atoms. The summed E-state index contributed by atoms with van der Waals surface area (Å²) in [7, 11) is 0. The predicted octanol–water partition coefficient (Wildman–Crippen LogP) is 5.19. The Morgan fingerprint density at radius 1 is 1.03 bits per heavy atom. The first-order valence-corrected chi connectivity index (χ1v) is 12.2. The van der Waals surface area contributed by atoms with E-state index in [1.54, 1.807) is 24.8 Å². The molecule has 2 heterocycles. The summed E-state index contributed by atoms with van der Waals surface area (Å²) in [4.78, 5) is 14.3. The van der Waals surface area contributed by atoms with E-state index in [4.69, 9.17) is 4.74 Å². The molecule has 7 heteroatoms. The standard InChI is InChI=1S/C25H30N4O2S/c1-19(28-15-9-4-10-16-28)24-26-27-25(29(24)21-11-5-3-6-12-21)32-18-17-31-23-14-8-7-13-22(23)20(2)30/h3,5-8,11-14,19H,4,9-10,15-18H2,1-2H3. The van der Waals surface area contributed by atoms with Crippen molar-refractivity contribution in [3.8, 4) is 11.4 Å². The van der Waals surface area contributed by atoms with Crippen LogP contribution in [0.5, 0.6) is 5.75 Å². The van der Waals surface area contributed by atoms with Crippen molar-refractivity contribution in [1.29, 1.82) is 0 Å². The molecular weight excluding hydrogens is 420 g/mol. The second kappa shape index (κ2) is 10.8. The van der Waals surface area contributed by atoms with Gasteiger partial charge >= 0.3 is 0 Å². The molecule has 2 aromatic carbocycles. The second-order valence-electron chi connectivity index (χ2n) is 8.03. The minimum absolute atomic E-state index is 0.00779. The van der Waals surface area contributed by atoms with Gasteiger partial charge in [-0.3, -0.25) is 14.3 Å². The Balaban J connectivity index is 1.49. The molecule has 1 aromatic heterocycles. The Morgan fingerprint density at radius 3 is 2.50 bits per heavy atom. The smallest absolute Gasteiger partial charge is 0.196 e. The Hall–Kier alpha value is -2.64. The number of piperidine rings is 1. The molecule has 0 bridgehead atoms. The molecule has 0 saturated carbocycles. The molecule has 0 N–H and O–H groups in total. The number of ether oxygens (including phenoxy) is 1. The number of hydrogen-bond donors (Lipinski definition) is 0. The number of nitrogens with zero attached hydrogens (tertiary/aromatic N) is 4. The van der Waals surface area contributed by atoms with Crippen molar-refractivity contribution in [1.82, 2.24) is 19.7 Å². The molecular formula is C25H30N4O2S. The number of benzene rings is 2. The first kappa shape index (κ1) is 22.6. The van der Waals surface area contributed by atoms with Gasteiger partial charge in [-0.2, -0.15) is 0 Å². The van der Waals surface area contributed by atoms with Gasteiger partial charge in [0.05, 0.1) is 18.2 Å². The lowest BCUT2D eigenvalue weighted by Crippen LogP contribution is -2.33. The van der Waals surface area contributed by atoms with Gasteiger partial charge in [-0.15, -0.1) is 10.2 Å². The molecule has 0 amide bonds. The average Bonchev–Trinajstić information content (AvgIpc) is 3.26. The molecule has 3 aromatic rings. The van der Waals surface area contributed by atoms with E-state index in [0.29, 0.717) is 23.7 Å². The first-order valence-electron chi connectivity index (χ1n) is 11.3. The third-order valence-electron chi connectivity index (χ3n) is 5.82. The normalized spacial score (nSPS) is 15.4. The molecule has 1 aliphatic heterocycles. The molecule has 0 aliphatic carbocycles. The van der Waals surface area contributed by atoms with Crippen LogP contribution in [0.25, 0.3) is 5.69 Å². The molecule has 1 aliphatic rings. The average molecular weight is 451 g/mol. The molecule has 0 spiro atoms. The summed E-state index contributed by atoms with van der Waals surface area (Å²) < 4.78 is 8.08. The fourth-order valence-corrected chi connectivity index (χ4v) is 4.88. The lowest BCUT2D eigenvalue weighted by Gasteiger charge is -2.31. The van der Waals surface area contributed by atoms with Crippen LogP contribution in [-0.2, 0) is 0 Å². The van der Waals surface area contributed by atoms with Gasteiger partial charge in [-0.05, 0) is 64.0 Å². The lowest BCUT2D eigenvalue weighted by molar-refractivity contribution is 0.101. The van der Waals surface area contributed by atoms with Crippen LogP contribution in [0.15, 0.2) is 59.8 Å². The second-order valence-corrected chi connectivity index (χ2v) is 9.10. The summed E-state index contributed by atoms with van der Waals surface area (Å²) in [5.41, 5.74) is 1.68. The summed E-state index contributed by atoms with van der Waals surface area (Å²) in [6, 6.07) is 17.9. The molecule has 1 fully saturated rings. The van der Waals surface area contributed by atoms with Crippen LogP contribution in [0, 0.1) is 0 Å². The third kappa shape index (κ3) is 5.22. The topological polar surface area (TPSA) is 60.2 Å².